The lowest BCUT2D eigenvalue weighted by molar-refractivity contribution is -0.173. The minimum Gasteiger partial charge on any atom is -0.368 e. The first-order chi connectivity index (χ1) is 17.8. The number of halogens is 2. The summed E-state index contributed by atoms with van der Waals surface area (Å²) in [5.41, 5.74) is 7.90. The number of amides is 2. The number of likely N-dealkylation sites (tertiary alicyclic amines) is 1. The molecule has 2 aromatic carbocycles. The van der Waals surface area contributed by atoms with Gasteiger partial charge in [-0.15, -0.1) is 0 Å². The maximum Gasteiger partial charge on any atom is 0.248 e. The van der Waals surface area contributed by atoms with Gasteiger partial charge in [-0.3, -0.25) is 19.5 Å². The number of carbonyl (C=O) groups is 2. The van der Waals surface area contributed by atoms with Crippen molar-refractivity contribution < 1.29 is 18.7 Å². The van der Waals surface area contributed by atoms with E-state index in [1.54, 1.807) is 18.3 Å². The standard InChI is InChI=1S/C28H28ClFN4O3/c29-20-11-19-2-1-18(13-24(19)32-14-20)17-3-6-22(23(30)12-17)26(27(31)36)33-9-7-28(8-10-33)16-34(21-4-5-21)25(35)15-37-28/h1-3,6,11-14,21,26H,4-5,7-10,15-16H2,(H2,31,36). The molecule has 3 heterocycles. The largest absolute Gasteiger partial charge is 0.368 e. The highest BCUT2D eigenvalue weighted by atomic mass is 35.5. The van der Waals surface area contributed by atoms with Crippen molar-refractivity contribution in [3.8, 4) is 11.1 Å². The smallest absolute Gasteiger partial charge is 0.248 e. The summed E-state index contributed by atoms with van der Waals surface area (Å²) in [6.07, 6.45) is 4.99. The zero-order chi connectivity index (χ0) is 25.7. The molecule has 2 N–H and O–H groups in total. The number of primary amides is 1. The predicted octanol–water partition coefficient (Wildman–Crippen LogP) is 4.08. The molecule has 192 valence electrons. The van der Waals surface area contributed by atoms with Crippen molar-refractivity contribution in [2.75, 3.05) is 26.2 Å². The van der Waals surface area contributed by atoms with Crippen molar-refractivity contribution in [3.05, 3.63) is 65.1 Å². The number of carbonyl (C=O) groups excluding carboxylic acids is 2. The van der Waals surface area contributed by atoms with E-state index in [1.165, 1.54) is 6.07 Å². The van der Waals surface area contributed by atoms with Gasteiger partial charge in [-0.2, -0.15) is 0 Å². The molecule has 1 atom stereocenters. The zero-order valence-electron chi connectivity index (χ0n) is 20.3. The molecule has 3 aromatic rings. The monoisotopic (exact) mass is 522 g/mol. The van der Waals surface area contributed by atoms with Gasteiger partial charge in [0.05, 0.1) is 22.7 Å². The Morgan fingerprint density at radius 1 is 1.14 bits per heavy atom. The Morgan fingerprint density at radius 2 is 1.86 bits per heavy atom. The third-order valence-electron chi connectivity index (χ3n) is 7.89. The number of morpholine rings is 1. The zero-order valence-corrected chi connectivity index (χ0v) is 21.1. The fourth-order valence-corrected chi connectivity index (χ4v) is 5.85. The van der Waals surface area contributed by atoms with Gasteiger partial charge in [-0.25, -0.2) is 4.39 Å². The number of nitrogens with two attached hydrogens (primary N) is 1. The Balaban J connectivity index is 1.21. The number of benzene rings is 2. The summed E-state index contributed by atoms with van der Waals surface area (Å²) in [6.45, 7) is 1.74. The van der Waals surface area contributed by atoms with Crippen LogP contribution in [0.2, 0.25) is 5.02 Å². The summed E-state index contributed by atoms with van der Waals surface area (Å²) < 4.78 is 21.5. The van der Waals surface area contributed by atoms with Gasteiger partial charge >= 0.3 is 0 Å². The van der Waals surface area contributed by atoms with E-state index in [0.29, 0.717) is 49.1 Å². The molecule has 3 fully saturated rings. The van der Waals surface area contributed by atoms with Gasteiger partial charge in [-0.1, -0.05) is 35.9 Å². The maximum absolute atomic E-state index is 15.5. The average molecular weight is 523 g/mol. The number of hydrogen-bond donors (Lipinski definition) is 1. The fraction of sp³-hybridized carbons (Fsp3) is 0.393. The van der Waals surface area contributed by atoms with Crippen LogP contribution in [0.3, 0.4) is 0 Å². The summed E-state index contributed by atoms with van der Waals surface area (Å²) in [7, 11) is 0. The number of piperidine rings is 1. The summed E-state index contributed by atoms with van der Waals surface area (Å²) >= 11 is 6.03. The third-order valence-corrected chi connectivity index (χ3v) is 8.10. The summed E-state index contributed by atoms with van der Waals surface area (Å²) in [5, 5.41) is 1.46. The van der Waals surface area contributed by atoms with Crippen LogP contribution in [0.4, 0.5) is 4.39 Å². The molecule has 1 saturated carbocycles. The van der Waals surface area contributed by atoms with Crippen molar-refractivity contribution in [1.82, 2.24) is 14.8 Å². The van der Waals surface area contributed by atoms with E-state index in [1.807, 2.05) is 34.1 Å². The maximum atomic E-state index is 15.5. The Morgan fingerprint density at radius 3 is 2.57 bits per heavy atom. The molecule has 1 unspecified atom stereocenters. The van der Waals surface area contributed by atoms with Gasteiger partial charge in [0.1, 0.15) is 18.5 Å². The first-order valence-corrected chi connectivity index (χ1v) is 13.0. The molecule has 1 aliphatic carbocycles. The first-order valence-electron chi connectivity index (χ1n) is 12.6. The van der Waals surface area contributed by atoms with Crippen molar-refractivity contribution >= 4 is 34.3 Å². The topological polar surface area (TPSA) is 88.8 Å². The van der Waals surface area contributed by atoms with Crippen LogP contribution in [0, 0.1) is 5.82 Å². The second-order valence-corrected chi connectivity index (χ2v) is 10.8. The normalized spacial score (nSPS) is 20.9. The average Bonchev–Trinajstić information content (AvgIpc) is 3.73. The number of hydrogen-bond acceptors (Lipinski definition) is 5. The highest BCUT2D eigenvalue weighted by molar-refractivity contribution is 6.31. The van der Waals surface area contributed by atoms with Gasteiger partial charge < -0.3 is 15.4 Å². The molecule has 3 aliphatic rings. The van der Waals surface area contributed by atoms with Crippen molar-refractivity contribution in [1.29, 1.82) is 0 Å². The van der Waals surface area contributed by atoms with E-state index in [9.17, 15) is 9.59 Å². The molecule has 2 aliphatic heterocycles. The van der Waals surface area contributed by atoms with Crippen molar-refractivity contribution in [3.63, 3.8) is 0 Å². The molecular weight excluding hydrogens is 495 g/mol. The van der Waals surface area contributed by atoms with Crippen LogP contribution in [0.15, 0.2) is 48.7 Å². The number of fused-ring (bicyclic) bond motifs is 1. The van der Waals surface area contributed by atoms with Gasteiger partial charge in [0, 0.05) is 36.3 Å². The summed E-state index contributed by atoms with van der Waals surface area (Å²) in [4.78, 5) is 33.1. The Hall–Kier alpha value is -3.07. The van der Waals surface area contributed by atoms with Crippen LogP contribution in [0.1, 0.15) is 37.3 Å². The quantitative estimate of drug-likeness (QED) is 0.545. The van der Waals surface area contributed by atoms with Gasteiger partial charge in [0.25, 0.3) is 0 Å². The Labute approximate surface area is 219 Å². The molecular formula is C28H28ClFN4O3. The number of rotatable bonds is 5. The van der Waals surface area contributed by atoms with Gasteiger partial charge in [-0.05, 0) is 55.0 Å². The van der Waals surface area contributed by atoms with Crippen LogP contribution in [-0.2, 0) is 14.3 Å². The number of nitrogens with zero attached hydrogens (tertiary/aromatic N) is 3. The van der Waals surface area contributed by atoms with E-state index in [2.05, 4.69) is 4.98 Å². The molecule has 37 heavy (non-hydrogen) atoms. The van der Waals surface area contributed by atoms with Crippen LogP contribution in [0.25, 0.3) is 22.0 Å². The van der Waals surface area contributed by atoms with Crippen LogP contribution >= 0.6 is 11.6 Å². The van der Waals surface area contributed by atoms with E-state index in [-0.39, 0.29) is 18.1 Å². The molecule has 0 radical (unpaired) electrons. The highest BCUT2D eigenvalue weighted by Gasteiger charge is 2.47. The van der Waals surface area contributed by atoms with Crippen LogP contribution in [-0.4, -0.2) is 64.5 Å². The molecule has 9 heteroatoms. The molecule has 1 aromatic heterocycles. The minimum absolute atomic E-state index is 0.0544. The van der Waals surface area contributed by atoms with Crippen molar-refractivity contribution in [2.45, 2.75) is 43.4 Å². The van der Waals surface area contributed by atoms with Gasteiger partial charge in [0.2, 0.25) is 11.8 Å². The lowest BCUT2D eigenvalue weighted by Crippen LogP contribution is -2.60. The Bertz CT molecular complexity index is 1390. The Kier molecular flexibility index (Phi) is 6.13. The molecule has 6 rings (SSSR count). The minimum atomic E-state index is -0.878. The fourth-order valence-electron chi connectivity index (χ4n) is 5.69. The molecule has 2 amide bonds. The van der Waals surface area contributed by atoms with Crippen molar-refractivity contribution in [2.24, 2.45) is 5.73 Å². The molecule has 1 spiro atoms. The second kappa shape index (κ2) is 9.35. The van der Waals surface area contributed by atoms with Crippen LogP contribution < -0.4 is 5.73 Å². The number of aromatic nitrogens is 1. The molecule has 0 bridgehead atoms. The SMILES string of the molecule is NC(=O)C(c1ccc(-c2ccc3cc(Cl)cnc3c2)cc1F)N1CCC2(CC1)CN(C1CC1)C(=O)CO2. The third kappa shape index (κ3) is 4.69. The molecule has 2 saturated heterocycles. The van der Waals surface area contributed by atoms with E-state index in [4.69, 9.17) is 22.1 Å². The van der Waals surface area contributed by atoms with Crippen LogP contribution in [0.5, 0.6) is 0 Å². The summed E-state index contributed by atoms with van der Waals surface area (Å²) in [5.74, 6) is -1.02. The number of pyridine rings is 1. The lowest BCUT2D eigenvalue weighted by Gasteiger charge is -2.48. The summed E-state index contributed by atoms with van der Waals surface area (Å²) in [6, 6.07) is 11.9. The second-order valence-electron chi connectivity index (χ2n) is 10.4. The van der Waals surface area contributed by atoms with Gasteiger partial charge in [0.15, 0.2) is 0 Å². The molecule has 7 nitrogen and oxygen atoms in total. The van der Waals surface area contributed by atoms with E-state index in [0.717, 1.165) is 29.3 Å². The number of ether oxygens (including phenoxy) is 1. The highest BCUT2D eigenvalue weighted by Crippen LogP contribution is 2.38. The van der Waals surface area contributed by atoms with E-state index < -0.39 is 23.4 Å². The van der Waals surface area contributed by atoms with E-state index >= 15 is 4.39 Å². The lowest BCUT2D eigenvalue weighted by atomic mass is 9.87. The first kappa shape index (κ1) is 24.3. The predicted molar refractivity (Wildman–Crippen MR) is 138 cm³/mol.